The molecule has 2 heterocycles. The van der Waals surface area contributed by atoms with Gasteiger partial charge >= 0.3 is 0 Å². The molecule has 0 unspecified atom stereocenters. The van der Waals surface area contributed by atoms with Crippen molar-refractivity contribution in [2.45, 2.75) is 0 Å². The summed E-state index contributed by atoms with van der Waals surface area (Å²) < 4.78 is 26.6. The SMILES string of the molecule is COc1cc2c(cc1C#Cc1cc3c(cc1C=O)OCO3)OCO2. The quantitative estimate of drug-likeness (QED) is 0.624. The third-order valence-corrected chi connectivity index (χ3v) is 3.70. The highest BCUT2D eigenvalue weighted by molar-refractivity contribution is 5.81. The highest BCUT2D eigenvalue weighted by Gasteiger charge is 2.18. The number of aldehydes is 1. The lowest BCUT2D eigenvalue weighted by atomic mass is 10.1. The number of hydrogen-bond donors (Lipinski definition) is 0. The van der Waals surface area contributed by atoms with Crippen molar-refractivity contribution in [3.63, 3.8) is 0 Å². The molecule has 0 amide bonds. The molecule has 24 heavy (non-hydrogen) atoms. The molecule has 0 aromatic heterocycles. The normalized spacial score (nSPS) is 13.2. The lowest BCUT2D eigenvalue weighted by Gasteiger charge is -2.05. The number of rotatable bonds is 2. The van der Waals surface area contributed by atoms with E-state index in [9.17, 15) is 4.79 Å². The number of ether oxygens (including phenoxy) is 5. The second kappa shape index (κ2) is 5.70. The smallest absolute Gasteiger partial charge is 0.231 e. The van der Waals surface area contributed by atoms with Gasteiger partial charge in [0.15, 0.2) is 29.3 Å². The van der Waals surface area contributed by atoms with Gasteiger partial charge in [0.1, 0.15) is 5.75 Å². The van der Waals surface area contributed by atoms with E-state index in [1.165, 1.54) is 0 Å². The Balaban J connectivity index is 1.76. The van der Waals surface area contributed by atoms with Gasteiger partial charge in [0, 0.05) is 29.3 Å². The fourth-order valence-corrected chi connectivity index (χ4v) is 2.49. The summed E-state index contributed by atoms with van der Waals surface area (Å²) in [7, 11) is 1.56. The molecule has 120 valence electrons. The van der Waals surface area contributed by atoms with Crippen LogP contribution in [-0.2, 0) is 0 Å². The Labute approximate surface area is 137 Å². The third kappa shape index (κ3) is 2.36. The summed E-state index contributed by atoms with van der Waals surface area (Å²) in [4.78, 5) is 11.3. The summed E-state index contributed by atoms with van der Waals surface area (Å²) in [5.41, 5.74) is 1.62. The Morgan fingerprint density at radius 1 is 0.875 bits per heavy atom. The van der Waals surface area contributed by atoms with E-state index in [4.69, 9.17) is 23.7 Å². The molecular weight excluding hydrogens is 312 g/mol. The average Bonchev–Trinajstić information content (AvgIpc) is 3.25. The second-order valence-electron chi connectivity index (χ2n) is 5.07. The Hall–Kier alpha value is -3.33. The van der Waals surface area contributed by atoms with Gasteiger partial charge in [-0.25, -0.2) is 0 Å². The Kier molecular flexibility index (Phi) is 3.39. The van der Waals surface area contributed by atoms with Crippen LogP contribution in [-0.4, -0.2) is 27.0 Å². The first-order valence-electron chi connectivity index (χ1n) is 7.17. The van der Waals surface area contributed by atoms with Crippen molar-refractivity contribution in [1.82, 2.24) is 0 Å². The number of methoxy groups -OCH3 is 1. The van der Waals surface area contributed by atoms with E-state index in [1.807, 2.05) is 0 Å². The van der Waals surface area contributed by atoms with Crippen LogP contribution in [0, 0.1) is 11.8 Å². The molecule has 0 saturated carbocycles. The molecule has 2 aliphatic rings. The van der Waals surface area contributed by atoms with Crippen molar-refractivity contribution in [3.05, 3.63) is 41.0 Å². The van der Waals surface area contributed by atoms with E-state index in [1.54, 1.807) is 31.4 Å². The number of carbonyl (C=O) groups excluding carboxylic acids is 1. The molecule has 6 heteroatoms. The predicted molar refractivity (Wildman–Crippen MR) is 83.0 cm³/mol. The van der Waals surface area contributed by atoms with Crippen LogP contribution in [0.1, 0.15) is 21.5 Å². The molecule has 4 rings (SSSR count). The maximum Gasteiger partial charge on any atom is 0.231 e. The lowest BCUT2D eigenvalue weighted by molar-refractivity contribution is 0.112. The van der Waals surface area contributed by atoms with Crippen molar-refractivity contribution < 1.29 is 28.5 Å². The molecule has 0 aliphatic carbocycles. The van der Waals surface area contributed by atoms with Crippen LogP contribution < -0.4 is 23.7 Å². The number of carbonyl (C=O) groups is 1. The van der Waals surface area contributed by atoms with E-state index in [2.05, 4.69) is 11.8 Å². The molecule has 0 atom stereocenters. The Bertz CT molecular complexity index is 891. The third-order valence-electron chi connectivity index (χ3n) is 3.70. The first kappa shape index (κ1) is 14.3. The second-order valence-corrected chi connectivity index (χ2v) is 5.07. The summed E-state index contributed by atoms with van der Waals surface area (Å²) in [5, 5.41) is 0. The summed E-state index contributed by atoms with van der Waals surface area (Å²) in [6.45, 7) is 0.313. The molecule has 0 fully saturated rings. The molecule has 0 radical (unpaired) electrons. The van der Waals surface area contributed by atoms with Crippen molar-refractivity contribution >= 4 is 6.29 Å². The highest BCUT2D eigenvalue weighted by Crippen LogP contribution is 2.38. The molecule has 0 N–H and O–H groups in total. The summed E-state index contributed by atoms with van der Waals surface area (Å²) >= 11 is 0. The van der Waals surface area contributed by atoms with Crippen molar-refractivity contribution in [2.75, 3.05) is 20.7 Å². The maximum atomic E-state index is 11.3. The molecular formula is C18H12O6. The van der Waals surface area contributed by atoms with Crippen LogP contribution in [0.4, 0.5) is 0 Å². The van der Waals surface area contributed by atoms with Crippen molar-refractivity contribution in [3.8, 4) is 40.6 Å². The van der Waals surface area contributed by atoms with E-state index >= 15 is 0 Å². The van der Waals surface area contributed by atoms with Crippen LogP contribution in [0.3, 0.4) is 0 Å². The Morgan fingerprint density at radius 3 is 2.04 bits per heavy atom. The van der Waals surface area contributed by atoms with Crippen molar-refractivity contribution in [1.29, 1.82) is 0 Å². The first-order valence-corrected chi connectivity index (χ1v) is 7.17. The van der Waals surface area contributed by atoms with Gasteiger partial charge in [-0.05, 0) is 6.07 Å². The van der Waals surface area contributed by atoms with Crippen LogP contribution in [0.2, 0.25) is 0 Å². The largest absolute Gasteiger partial charge is 0.495 e. The molecule has 6 nitrogen and oxygen atoms in total. The fraction of sp³-hybridized carbons (Fsp3) is 0.167. The zero-order valence-corrected chi connectivity index (χ0v) is 12.8. The summed E-state index contributed by atoms with van der Waals surface area (Å²) in [6, 6.07) is 6.79. The number of fused-ring (bicyclic) bond motifs is 2. The topological polar surface area (TPSA) is 63.2 Å². The van der Waals surface area contributed by atoms with Gasteiger partial charge in [0.25, 0.3) is 0 Å². The van der Waals surface area contributed by atoms with Gasteiger partial charge in [-0.1, -0.05) is 11.8 Å². The van der Waals surface area contributed by atoms with Gasteiger partial charge in [-0.15, -0.1) is 0 Å². The van der Waals surface area contributed by atoms with Crippen LogP contribution in [0.25, 0.3) is 0 Å². The minimum atomic E-state index is 0.139. The Morgan fingerprint density at radius 2 is 1.42 bits per heavy atom. The zero-order valence-electron chi connectivity index (χ0n) is 12.8. The minimum absolute atomic E-state index is 0.139. The maximum absolute atomic E-state index is 11.3. The highest BCUT2D eigenvalue weighted by atomic mass is 16.7. The number of hydrogen-bond acceptors (Lipinski definition) is 6. The summed E-state index contributed by atoms with van der Waals surface area (Å²) in [5.74, 6) is 8.91. The van der Waals surface area contributed by atoms with Crippen LogP contribution >= 0.6 is 0 Å². The molecule has 2 aliphatic heterocycles. The minimum Gasteiger partial charge on any atom is -0.495 e. The predicted octanol–water partition coefficient (Wildman–Crippen LogP) is 2.36. The zero-order chi connectivity index (χ0) is 16.5. The first-order chi connectivity index (χ1) is 11.8. The fourth-order valence-electron chi connectivity index (χ4n) is 2.49. The van der Waals surface area contributed by atoms with E-state index in [-0.39, 0.29) is 13.6 Å². The van der Waals surface area contributed by atoms with E-state index in [0.29, 0.717) is 45.4 Å². The monoisotopic (exact) mass is 324 g/mol. The van der Waals surface area contributed by atoms with Crippen LogP contribution in [0.15, 0.2) is 24.3 Å². The molecule has 0 bridgehead atoms. The molecule has 0 spiro atoms. The van der Waals surface area contributed by atoms with E-state index in [0.717, 1.165) is 6.29 Å². The van der Waals surface area contributed by atoms with Gasteiger partial charge in [0.2, 0.25) is 13.6 Å². The van der Waals surface area contributed by atoms with Gasteiger partial charge in [-0.2, -0.15) is 0 Å². The van der Waals surface area contributed by atoms with Gasteiger partial charge in [0.05, 0.1) is 12.7 Å². The lowest BCUT2D eigenvalue weighted by Crippen LogP contribution is -1.92. The van der Waals surface area contributed by atoms with Crippen LogP contribution in [0.5, 0.6) is 28.7 Å². The average molecular weight is 324 g/mol. The molecule has 2 aromatic rings. The van der Waals surface area contributed by atoms with E-state index < -0.39 is 0 Å². The van der Waals surface area contributed by atoms with Crippen molar-refractivity contribution in [2.24, 2.45) is 0 Å². The van der Waals surface area contributed by atoms with Gasteiger partial charge in [-0.3, -0.25) is 4.79 Å². The van der Waals surface area contributed by atoms with Gasteiger partial charge < -0.3 is 23.7 Å². The summed E-state index contributed by atoms with van der Waals surface area (Å²) in [6.07, 6.45) is 0.739. The standard InChI is InChI=1S/C18H12O6/c1-20-14-7-18-16(22-10-24-18)5-12(14)3-2-11-4-15-17(23-9-21-15)6-13(11)8-19/h4-8H,9-10H2,1H3. The molecule has 2 aromatic carbocycles. The number of benzene rings is 2. The molecule has 0 saturated heterocycles.